The fraction of sp³-hybridized carbons (Fsp3) is 0.600. The third-order valence-corrected chi connectivity index (χ3v) is 4.35. The maximum absolute atomic E-state index is 12.7. The monoisotopic (exact) mass is 429 g/mol. The molecule has 168 valence electrons. The van der Waals surface area contributed by atoms with E-state index in [1.165, 1.54) is 6.07 Å². The van der Waals surface area contributed by atoms with Crippen LogP contribution in [0.4, 0.5) is 8.78 Å². The molecule has 1 heterocycles. The van der Waals surface area contributed by atoms with Crippen LogP contribution in [0.2, 0.25) is 0 Å². The van der Waals surface area contributed by atoms with Crippen molar-refractivity contribution in [2.24, 2.45) is 4.99 Å². The van der Waals surface area contributed by atoms with Gasteiger partial charge in [0.05, 0.1) is 6.61 Å². The number of rotatable bonds is 12. The zero-order chi connectivity index (χ0) is 21.8. The Kier molecular flexibility index (Phi) is 9.96. The number of fused-ring (bicyclic) bond motifs is 1. The normalized spacial score (nSPS) is 12.8. The number of esters is 1. The molecule has 1 aromatic rings. The first-order valence-electron chi connectivity index (χ1n) is 10.0. The van der Waals surface area contributed by atoms with E-state index in [0.717, 1.165) is 25.7 Å². The predicted molar refractivity (Wildman–Crippen MR) is 107 cm³/mol. The Hall–Kier alpha value is -2.78. The molecule has 0 atom stereocenters. The van der Waals surface area contributed by atoms with Crippen LogP contribution < -0.4 is 24.8 Å². The van der Waals surface area contributed by atoms with Crippen molar-refractivity contribution in [3.63, 3.8) is 0 Å². The van der Waals surface area contributed by atoms with Gasteiger partial charge in [0.1, 0.15) is 5.75 Å². The summed E-state index contributed by atoms with van der Waals surface area (Å²) in [5, 5.41) is 6.25. The lowest BCUT2D eigenvalue weighted by atomic mass is 10.1. The Balaban J connectivity index is 1.73. The zero-order valence-electron chi connectivity index (χ0n) is 17.3. The van der Waals surface area contributed by atoms with Crippen LogP contribution in [-0.4, -0.2) is 45.5 Å². The molecule has 10 heteroatoms. The number of alkyl halides is 2. The van der Waals surface area contributed by atoms with Gasteiger partial charge in [-0.3, -0.25) is 9.79 Å². The van der Waals surface area contributed by atoms with Crippen LogP contribution in [0.3, 0.4) is 0 Å². The smallest absolute Gasteiger partial charge is 0.387 e. The first-order valence-corrected chi connectivity index (χ1v) is 10.0. The maximum Gasteiger partial charge on any atom is 0.387 e. The molecule has 1 aliphatic rings. The van der Waals surface area contributed by atoms with Gasteiger partial charge < -0.3 is 29.6 Å². The Labute approximate surface area is 174 Å². The number of hydrogen-bond donors (Lipinski definition) is 2. The van der Waals surface area contributed by atoms with Gasteiger partial charge in [-0.25, -0.2) is 0 Å². The third kappa shape index (κ3) is 7.92. The number of nitrogens with zero attached hydrogens (tertiary/aromatic N) is 1. The minimum Gasteiger partial charge on any atom is -0.466 e. The van der Waals surface area contributed by atoms with Crippen LogP contribution in [0.25, 0.3) is 0 Å². The van der Waals surface area contributed by atoms with Crippen molar-refractivity contribution in [2.45, 2.75) is 52.2 Å². The summed E-state index contributed by atoms with van der Waals surface area (Å²) in [6, 6.07) is 3.02. The lowest BCUT2D eigenvalue weighted by Crippen LogP contribution is -2.37. The molecule has 0 saturated heterocycles. The second-order valence-electron chi connectivity index (χ2n) is 6.51. The van der Waals surface area contributed by atoms with Crippen molar-refractivity contribution in [3.05, 3.63) is 17.7 Å². The SMILES string of the molecule is CCOC(=O)CCCCCCNC(=NC)NCc1cc2c(cc1OC(F)F)OCO2. The van der Waals surface area contributed by atoms with E-state index in [0.29, 0.717) is 42.6 Å². The van der Waals surface area contributed by atoms with E-state index in [1.807, 2.05) is 0 Å². The van der Waals surface area contributed by atoms with Crippen LogP contribution in [0.15, 0.2) is 17.1 Å². The van der Waals surface area contributed by atoms with Crippen LogP contribution in [0.5, 0.6) is 17.2 Å². The van der Waals surface area contributed by atoms with Gasteiger partial charge in [-0.05, 0) is 25.8 Å². The van der Waals surface area contributed by atoms with Gasteiger partial charge in [0.25, 0.3) is 0 Å². The van der Waals surface area contributed by atoms with Gasteiger partial charge in [-0.2, -0.15) is 8.78 Å². The van der Waals surface area contributed by atoms with Crippen molar-refractivity contribution >= 4 is 11.9 Å². The van der Waals surface area contributed by atoms with Crippen molar-refractivity contribution in [3.8, 4) is 17.2 Å². The van der Waals surface area contributed by atoms with Gasteiger partial charge >= 0.3 is 12.6 Å². The molecule has 8 nitrogen and oxygen atoms in total. The van der Waals surface area contributed by atoms with Gasteiger partial charge in [0.15, 0.2) is 17.5 Å². The molecule has 0 aliphatic carbocycles. The van der Waals surface area contributed by atoms with Crippen LogP contribution in [0.1, 0.15) is 44.6 Å². The fourth-order valence-corrected chi connectivity index (χ4v) is 2.90. The molecule has 0 saturated carbocycles. The molecule has 1 aromatic carbocycles. The van der Waals surface area contributed by atoms with Crippen molar-refractivity contribution < 1.29 is 32.5 Å². The van der Waals surface area contributed by atoms with E-state index in [9.17, 15) is 13.6 Å². The topological polar surface area (TPSA) is 90.4 Å². The van der Waals surface area contributed by atoms with E-state index in [4.69, 9.17) is 14.2 Å². The Morgan fingerprint density at radius 3 is 2.60 bits per heavy atom. The summed E-state index contributed by atoms with van der Waals surface area (Å²) in [5.74, 6) is 1.28. The van der Waals surface area contributed by atoms with Crippen LogP contribution in [0, 0.1) is 0 Å². The van der Waals surface area contributed by atoms with Crippen molar-refractivity contribution in [1.29, 1.82) is 0 Å². The molecular formula is C20H29F2N3O5. The maximum atomic E-state index is 12.7. The minimum absolute atomic E-state index is 0.0267. The number of ether oxygens (including phenoxy) is 4. The molecule has 1 aliphatic heterocycles. The van der Waals surface area contributed by atoms with Gasteiger partial charge in [0, 0.05) is 38.2 Å². The van der Waals surface area contributed by atoms with E-state index in [2.05, 4.69) is 20.4 Å². The molecule has 30 heavy (non-hydrogen) atoms. The molecule has 0 fully saturated rings. The minimum atomic E-state index is -2.94. The molecular weight excluding hydrogens is 400 g/mol. The molecule has 0 radical (unpaired) electrons. The lowest BCUT2D eigenvalue weighted by Gasteiger charge is -2.15. The molecule has 2 rings (SSSR count). The highest BCUT2D eigenvalue weighted by atomic mass is 19.3. The molecule has 0 aromatic heterocycles. The number of hydrogen-bond acceptors (Lipinski definition) is 6. The third-order valence-electron chi connectivity index (χ3n) is 4.35. The summed E-state index contributed by atoms with van der Waals surface area (Å²) in [7, 11) is 1.63. The van der Waals surface area contributed by atoms with Gasteiger partial charge in [0.2, 0.25) is 6.79 Å². The molecule has 0 spiro atoms. The van der Waals surface area contributed by atoms with E-state index in [1.54, 1.807) is 20.0 Å². The number of aliphatic imine (C=N–C) groups is 1. The Morgan fingerprint density at radius 2 is 1.90 bits per heavy atom. The summed E-state index contributed by atoms with van der Waals surface area (Å²) in [6.07, 6.45) is 4.08. The summed E-state index contributed by atoms with van der Waals surface area (Å²) in [6.45, 7) is 0.230. The van der Waals surface area contributed by atoms with Crippen molar-refractivity contribution in [2.75, 3.05) is 27.0 Å². The highest BCUT2D eigenvalue weighted by Crippen LogP contribution is 2.38. The highest BCUT2D eigenvalue weighted by molar-refractivity contribution is 5.79. The summed E-state index contributed by atoms with van der Waals surface area (Å²) in [4.78, 5) is 15.4. The predicted octanol–water partition coefficient (Wildman–Crippen LogP) is 3.20. The quantitative estimate of drug-likeness (QED) is 0.228. The average Bonchev–Trinajstić information content (AvgIpc) is 3.16. The summed E-state index contributed by atoms with van der Waals surface area (Å²) >= 11 is 0. The lowest BCUT2D eigenvalue weighted by molar-refractivity contribution is -0.143. The summed E-state index contributed by atoms with van der Waals surface area (Å²) in [5.41, 5.74) is 0.501. The number of nitrogens with one attached hydrogen (secondary N) is 2. The number of halogens is 2. The largest absolute Gasteiger partial charge is 0.466 e. The number of benzene rings is 1. The number of carbonyl (C=O) groups is 1. The van der Waals surface area contributed by atoms with Gasteiger partial charge in [-0.1, -0.05) is 12.8 Å². The highest BCUT2D eigenvalue weighted by Gasteiger charge is 2.20. The second kappa shape index (κ2) is 12.7. The molecule has 0 amide bonds. The first-order chi connectivity index (χ1) is 14.5. The van der Waals surface area contributed by atoms with Crippen molar-refractivity contribution in [1.82, 2.24) is 10.6 Å². The van der Waals surface area contributed by atoms with Crippen LogP contribution >= 0.6 is 0 Å². The number of unbranched alkanes of at least 4 members (excludes halogenated alkanes) is 3. The zero-order valence-corrected chi connectivity index (χ0v) is 17.3. The van der Waals surface area contributed by atoms with Gasteiger partial charge in [-0.15, -0.1) is 0 Å². The number of guanidine groups is 1. The number of carbonyl (C=O) groups excluding carboxylic acids is 1. The van der Waals surface area contributed by atoms with E-state index in [-0.39, 0.29) is 25.1 Å². The second-order valence-corrected chi connectivity index (χ2v) is 6.51. The molecule has 0 bridgehead atoms. The average molecular weight is 429 g/mol. The molecule has 2 N–H and O–H groups in total. The van der Waals surface area contributed by atoms with Crippen LogP contribution in [-0.2, 0) is 16.1 Å². The Bertz CT molecular complexity index is 716. The fourth-order valence-electron chi connectivity index (χ4n) is 2.90. The Morgan fingerprint density at radius 1 is 1.17 bits per heavy atom. The van der Waals surface area contributed by atoms with E-state index >= 15 is 0 Å². The summed E-state index contributed by atoms with van der Waals surface area (Å²) < 4.78 is 45.4. The standard InChI is InChI=1S/C20H29F2N3O5/c1-3-27-18(26)8-6-4-5-7-9-24-20(23-2)25-12-14-10-16-17(29-13-28-16)11-15(14)30-19(21)22/h10-11,19H,3-9,12-13H2,1-2H3,(H2,23,24,25). The molecule has 0 unspecified atom stereocenters. The first kappa shape index (κ1) is 23.5. The van der Waals surface area contributed by atoms with E-state index < -0.39 is 6.61 Å².